The van der Waals surface area contributed by atoms with Crippen molar-refractivity contribution in [2.45, 2.75) is 38.1 Å². The van der Waals surface area contributed by atoms with E-state index in [0.717, 1.165) is 5.20 Å². The summed E-state index contributed by atoms with van der Waals surface area (Å²) in [5.74, 6) is 0. The molecule has 3 aliphatic rings. The number of quaternary nitrogens is 1. The minimum atomic E-state index is -1.89. The molecule has 1 aromatic rings. The number of nitrogens with zero attached hydrogens (tertiary/aromatic N) is 1. The SMILES string of the molecule is C[N+](C)(C1CCCCC1)[Si](=O)C1=c2cc3c(cc2C=C1)=CC=C3. The quantitative estimate of drug-likeness (QED) is 0.782. The standard InChI is InChI=1S/C20H24NOSi/c1-21(2,18-9-4-3-5-10-18)23(22)20-12-11-17-13-15-7-6-8-16(15)14-19(17)20/h6-8,11-14,18H,3-5,9-10H2,1-2H3/q+1. The van der Waals surface area contributed by atoms with Crippen molar-refractivity contribution in [3.63, 3.8) is 0 Å². The first-order valence-electron chi connectivity index (χ1n) is 8.71. The molecule has 118 valence electrons. The van der Waals surface area contributed by atoms with Crippen molar-refractivity contribution in [1.82, 2.24) is 0 Å². The average molecular weight is 323 g/mol. The second-order valence-corrected chi connectivity index (χ2v) is 9.78. The second kappa shape index (κ2) is 5.50. The Morgan fingerprint density at radius 2 is 1.78 bits per heavy atom. The monoisotopic (exact) mass is 322 g/mol. The fraction of sp³-hybridized carbons (Fsp3) is 0.400. The van der Waals surface area contributed by atoms with Crippen LogP contribution in [0.3, 0.4) is 0 Å². The zero-order chi connectivity index (χ0) is 16.0. The van der Waals surface area contributed by atoms with E-state index in [1.165, 1.54) is 53.7 Å². The number of hydrogen-bond donors (Lipinski definition) is 0. The van der Waals surface area contributed by atoms with Crippen LogP contribution in [0.4, 0.5) is 0 Å². The summed E-state index contributed by atoms with van der Waals surface area (Å²) in [6.45, 7) is 0. The van der Waals surface area contributed by atoms with Crippen LogP contribution in [-0.2, 0) is 4.46 Å². The third-order valence-corrected chi connectivity index (χ3v) is 8.08. The van der Waals surface area contributed by atoms with Crippen LogP contribution in [0.2, 0.25) is 0 Å². The van der Waals surface area contributed by atoms with Crippen LogP contribution in [0.25, 0.3) is 23.4 Å². The molecule has 0 bridgehead atoms. The van der Waals surface area contributed by atoms with Crippen LogP contribution in [-0.4, -0.2) is 33.1 Å². The van der Waals surface area contributed by atoms with Crippen LogP contribution >= 0.6 is 0 Å². The lowest BCUT2D eigenvalue weighted by molar-refractivity contribution is -0.814. The van der Waals surface area contributed by atoms with E-state index in [4.69, 9.17) is 0 Å². The molecule has 0 atom stereocenters. The van der Waals surface area contributed by atoms with Gasteiger partial charge in [-0.05, 0) is 65.5 Å². The Hall–Kier alpha value is -1.58. The molecule has 1 fully saturated rings. The number of allylic oxidation sites excluding steroid dienone is 2. The van der Waals surface area contributed by atoms with Gasteiger partial charge in [0, 0.05) is 0 Å². The molecule has 0 N–H and O–H groups in total. The van der Waals surface area contributed by atoms with Crippen molar-refractivity contribution in [2.75, 3.05) is 14.1 Å². The molecule has 1 aromatic carbocycles. The Balaban J connectivity index is 1.76. The Morgan fingerprint density at radius 3 is 2.57 bits per heavy atom. The van der Waals surface area contributed by atoms with Crippen molar-refractivity contribution in [2.24, 2.45) is 0 Å². The number of rotatable bonds is 3. The first-order valence-corrected chi connectivity index (χ1v) is 10.1. The van der Waals surface area contributed by atoms with Crippen molar-refractivity contribution < 1.29 is 8.61 Å². The highest BCUT2D eigenvalue weighted by atomic mass is 28.3. The van der Waals surface area contributed by atoms with Gasteiger partial charge in [0.25, 0.3) is 0 Å². The summed E-state index contributed by atoms with van der Waals surface area (Å²) < 4.78 is 14.1. The third kappa shape index (κ3) is 2.43. The third-order valence-electron chi connectivity index (χ3n) is 5.77. The van der Waals surface area contributed by atoms with Gasteiger partial charge in [-0.15, -0.1) is 0 Å². The summed E-state index contributed by atoms with van der Waals surface area (Å²) in [5, 5.41) is 3.54. The smallest absolute Gasteiger partial charge is 0.326 e. The predicted molar refractivity (Wildman–Crippen MR) is 97.1 cm³/mol. The van der Waals surface area contributed by atoms with Gasteiger partial charge in [-0.2, -0.15) is 0 Å². The van der Waals surface area contributed by atoms with Crippen molar-refractivity contribution >= 4 is 32.3 Å². The predicted octanol–water partition coefficient (Wildman–Crippen LogP) is 2.54. The highest BCUT2D eigenvalue weighted by Crippen LogP contribution is 2.27. The largest absolute Gasteiger partial charge is 0.591 e. The van der Waals surface area contributed by atoms with Gasteiger partial charge in [0.15, 0.2) is 0 Å². The molecule has 2 nitrogen and oxygen atoms in total. The van der Waals surface area contributed by atoms with E-state index in [2.05, 4.69) is 56.6 Å². The molecule has 23 heavy (non-hydrogen) atoms. The molecular weight excluding hydrogens is 298 g/mol. The summed E-state index contributed by atoms with van der Waals surface area (Å²) in [7, 11) is 2.47. The molecule has 3 aliphatic carbocycles. The van der Waals surface area contributed by atoms with Crippen LogP contribution in [0.5, 0.6) is 0 Å². The van der Waals surface area contributed by atoms with Gasteiger partial charge in [-0.1, -0.05) is 30.7 Å². The second-order valence-electron chi connectivity index (χ2n) is 7.48. The van der Waals surface area contributed by atoms with Crippen LogP contribution < -0.4 is 10.4 Å². The van der Waals surface area contributed by atoms with Gasteiger partial charge in [0.05, 0.1) is 25.3 Å². The first-order chi connectivity index (χ1) is 11.1. The summed E-state index contributed by atoms with van der Waals surface area (Å²) in [5.41, 5.74) is 2.48. The van der Waals surface area contributed by atoms with Gasteiger partial charge in [-0.3, -0.25) is 0 Å². The van der Waals surface area contributed by atoms with E-state index < -0.39 is 8.84 Å². The van der Waals surface area contributed by atoms with Gasteiger partial charge in [0.1, 0.15) is 0 Å². The molecule has 4 rings (SSSR count). The van der Waals surface area contributed by atoms with Gasteiger partial charge in [-0.25, -0.2) is 0 Å². The van der Waals surface area contributed by atoms with E-state index in [-0.39, 0.29) is 0 Å². The van der Waals surface area contributed by atoms with Crippen LogP contribution in [0.15, 0.2) is 24.3 Å². The number of benzene rings is 1. The molecule has 0 heterocycles. The highest BCUT2D eigenvalue weighted by molar-refractivity contribution is 6.60. The number of hydrogen-bond acceptors (Lipinski definition) is 1. The van der Waals surface area contributed by atoms with E-state index in [9.17, 15) is 4.46 Å². The minimum Gasteiger partial charge on any atom is -0.326 e. The fourth-order valence-electron chi connectivity index (χ4n) is 4.22. The van der Waals surface area contributed by atoms with Gasteiger partial charge < -0.3 is 8.61 Å². The maximum Gasteiger partial charge on any atom is 0.591 e. The summed E-state index contributed by atoms with van der Waals surface area (Å²) >= 11 is 0. The Morgan fingerprint density at radius 1 is 1.00 bits per heavy atom. The molecule has 0 saturated heterocycles. The maximum atomic E-state index is 13.5. The Labute approximate surface area is 139 Å². The maximum absolute atomic E-state index is 13.5. The zero-order valence-corrected chi connectivity index (χ0v) is 15.0. The lowest BCUT2D eigenvalue weighted by Crippen LogP contribution is -2.56. The molecule has 0 radical (unpaired) electrons. The molecule has 0 aromatic heterocycles. The van der Waals surface area contributed by atoms with E-state index in [1.807, 2.05) is 0 Å². The average Bonchev–Trinajstić information content (AvgIpc) is 3.18. The van der Waals surface area contributed by atoms with Crippen molar-refractivity contribution in [3.8, 4) is 0 Å². The first kappa shape index (κ1) is 15.0. The Kier molecular flexibility index (Phi) is 3.58. The van der Waals surface area contributed by atoms with Crippen LogP contribution in [0, 0.1) is 0 Å². The van der Waals surface area contributed by atoms with Crippen molar-refractivity contribution in [1.29, 1.82) is 0 Å². The fourth-order valence-corrected chi connectivity index (χ4v) is 6.10. The number of fused-ring (bicyclic) bond motifs is 2. The highest BCUT2D eigenvalue weighted by Gasteiger charge is 2.41. The lowest BCUT2D eigenvalue weighted by Gasteiger charge is -2.38. The van der Waals surface area contributed by atoms with E-state index >= 15 is 0 Å². The molecule has 3 heteroatoms. The molecule has 0 unspecified atom stereocenters. The molecule has 0 amide bonds. The summed E-state index contributed by atoms with van der Waals surface area (Å²) in [6, 6.07) is 5.00. The molecule has 1 saturated carbocycles. The summed E-state index contributed by atoms with van der Waals surface area (Å²) in [4.78, 5) is 0. The molecular formula is C20H24NOSi+. The van der Waals surface area contributed by atoms with E-state index in [1.54, 1.807) is 0 Å². The zero-order valence-electron chi connectivity index (χ0n) is 14.0. The Bertz CT molecular complexity index is 854. The van der Waals surface area contributed by atoms with Gasteiger partial charge >= 0.3 is 8.84 Å². The van der Waals surface area contributed by atoms with Crippen LogP contribution in [0.1, 0.15) is 43.2 Å². The van der Waals surface area contributed by atoms with E-state index in [0.29, 0.717) is 10.2 Å². The van der Waals surface area contributed by atoms with Gasteiger partial charge in [0.2, 0.25) is 0 Å². The normalized spacial score (nSPS) is 19.7. The molecule has 0 spiro atoms. The lowest BCUT2D eigenvalue weighted by atomic mass is 9.95. The van der Waals surface area contributed by atoms with Crippen molar-refractivity contribution in [3.05, 3.63) is 45.8 Å². The molecule has 0 aliphatic heterocycles. The minimum absolute atomic E-state index is 0.544. The summed E-state index contributed by atoms with van der Waals surface area (Å²) in [6.07, 6.45) is 17.0. The topological polar surface area (TPSA) is 17.1 Å².